The molecule has 0 amide bonds. The minimum Gasteiger partial charge on any atom is -0.396 e. The van der Waals surface area contributed by atoms with Crippen molar-refractivity contribution < 1.29 is 5.11 Å². The Labute approximate surface area is 169 Å². The van der Waals surface area contributed by atoms with E-state index in [-0.39, 0.29) is 18.7 Å². The summed E-state index contributed by atoms with van der Waals surface area (Å²) < 4.78 is 2.22. The fraction of sp³-hybridized carbons (Fsp3) is 0.286. The van der Waals surface area contributed by atoms with Gasteiger partial charge in [0.25, 0.3) is 0 Å². The molecule has 1 saturated heterocycles. The number of aryl methyl sites for hydroxylation is 1. The SMILES string of the molecule is Cc1ccc([C@H]2[C@@H](c3ccccn3)NC(=S)N2CCCO)n1-c1cccnc1. The van der Waals surface area contributed by atoms with Gasteiger partial charge >= 0.3 is 0 Å². The maximum Gasteiger partial charge on any atom is 0.170 e. The van der Waals surface area contributed by atoms with Crippen molar-refractivity contribution in [3.8, 4) is 5.69 Å². The van der Waals surface area contributed by atoms with Crippen LogP contribution in [0, 0.1) is 6.92 Å². The van der Waals surface area contributed by atoms with E-state index < -0.39 is 0 Å². The highest BCUT2D eigenvalue weighted by atomic mass is 32.1. The van der Waals surface area contributed by atoms with E-state index in [2.05, 4.69) is 49.9 Å². The second-order valence-corrected chi connectivity index (χ2v) is 7.23. The summed E-state index contributed by atoms with van der Waals surface area (Å²) in [4.78, 5) is 11.0. The average molecular weight is 394 g/mol. The van der Waals surface area contributed by atoms with Gasteiger partial charge in [-0.25, -0.2) is 0 Å². The number of nitrogens with zero attached hydrogens (tertiary/aromatic N) is 4. The minimum absolute atomic E-state index is 0.0390. The molecule has 1 aliphatic heterocycles. The van der Waals surface area contributed by atoms with Crippen LogP contribution in [0.4, 0.5) is 0 Å². The van der Waals surface area contributed by atoms with Gasteiger partial charge in [0.05, 0.1) is 29.7 Å². The van der Waals surface area contributed by atoms with Gasteiger partial charge in [0.1, 0.15) is 0 Å². The maximum atomic E-state index is 9.37. The van der Waals surface area contributed by atoms with Gasteiger partial charge in [0, 0.05) is 36.9 Å². The van der Waals surface area contributed by atoms with E-state index in [0.29, 0.717) is 18.1 Å². The quantitative estimate of drug-likeness (QED) is 0.628. The molecule has 2 atom stereocenters. The number of aromatic nitrogens is 3. The molecule has 3 aromatic rings. The lowest BCUT2D eigenvalue weighted by molar-refractivity contribution is 0.244. The van der Waals surface area contributed by atoms with Gasteiger partial charge in [-0.05, 0) is 62.0 Å². The first-order valence-electron chi connectivity index (χ1n) is 9.38. The zero-order chi connectivity index (χ0) is 19.5. The fourth-order valence-corrected chi connectivity index (χ4v) is 4.17. The Hall–Kier alpha value is -2.77. The monoisotopic (exact) mass is 393 g/mol. The van der Waals surface area contributed by atoms with Crippen molar-refractivity contribution in [2.45, 2.75) is 25.4 Å². The van der Waals surface area contributed by atoms with Gasteiger partial charge in [0.15, 0.2) is 5.11 Å². The number of thiocarbonyl (C=S) groups is 1. The molecule has 0 aromatic carbocycles. The fourth-order valence-electron chi connectivity index (χ4n) is 3.84. The van der Waals surface area contributed by atoms with E-state index in [1.54, 1.807) is 12.4 Å². The van der Waals surface area contributed by atoms with Crippen LogP contribution in [-0.2, 0) is 0 Å². The topological polar surface area (TPSA) is 66.2 Å². The van der Waals surface area contributed by atoms with E-state index in [0.717, 1.165) is 22.8 Å². The second kappa shape index (κ2) is 8.08. The molecule has 0 radical (unpaired) electrons. The zero-order valence-electron chi connectivity index (χ0n) is 15.7. The van der Waals surface area contributed by atoms with Crippen molar-refractivity contribution >= 4 is 17.3 Å². The summed E-state index contributed by atoms with van der Waals surface area (Å²) in [7, 11) is 0. The average Bonchev–Trinajstić information content (AvgIpc) is 3.27. The van der Waals surface area contributed by atoms with Crippen LogP contribution in [0.1, 0.15) is 35.6 Å². The van der Waals surface area contributed by atoms with Crippen LogP contribution in [0.3, 0.4) is 0 Å². The molecule has 0 spiro atoms. The summed E-state index contributed by atoms with van der Waals surface area (Å²) in [5.41, 5.74) is 4.20. The largest absolute Gasteiger partial charge is 0.396 e. The van der Waals surface area contributed by atoms with Crippen LogP contribution < -0.4 is 5.32 Å². The standard InChI is InChI=1S/C21H23N5OS/c1-15-8-9-18(26(15)16-6-4-10-22-14-16)20-19(17-7-2-3-11-23-17)24-21(28)25(20)12-5-13-27/h2-4,6-11,14,19-20,27H,5,12-13H2,1H3,(H,24,28)/t19-,20+/m1/s1. The van der Waals surface area contributed by atoms with Crippen molar-refractivity contribution in [2.24, 2.45) is 0 Å². The molecule has 1 fully saturated rings. The third kappa shape index (κ3) is 3.39. The smallest absolute Gasteiger partial charge is 0.170 e. The predicted molar refractivity (Wildman–Crippen MR) is 112 cm³/mol. The molecule has 0 bridgehead atoms. The molecule has 6 nitrogen and oxygen atoms in total. The highest BCUT2D eigenvalue weighted by molar-refractivity contribution is 7.80. The summed E-state index contributed by atoms with van der Waals surface area (Å²) in [5, 5.41) is 13.5. The van der Waals surface area contributed by atoms with E-state index in [4.69, 9.17) is 12.2 Å². The lowest BCUT2D eigenvalue weighted by Crippen LogP contribution is -2.32. The van der Waals surface area contributed by atoms with Crippen LogP contribution in [0.5, 0.6) is 0 Å². The highest BCUT2D eigenvalue weighted by Crippen LogP contribution is 2.40. The second-order valence-electron chi connectivity index (χ2n) is 6.84. The van der Waals surface area contributed by atoms with Crippen LogP contribution in [0.2, 0.25) is 0 Å². The molecule has 2 N–H and O–H groups in total. The number of hydrogen-bond acceptors (Lipinski definition) is 4. The lowest BCUT2D eigenvalue weighted by atomic mass is 10.0. The molecule has 1 aliphatic rings. The molecule has 0 aliphatic carbocycles. The summed E-state index contributed by atoms with van der Waals surface area (Å²) >= 11 is 5.66. The Morgan fingerprint density at radius 2 is 2.04 bits per heavy atom. The Kier molecular flexibility index (Phi) is 5.36. The van der Waals surface area contributed by atoms with Crippen LogP contribution in [0.25, 0.3) is 5.69 Å². The number of pyridine rings is 2. The molecular weight excluding hydrogens is 370 g/mol. The summed E-state index contributed by atoms with van der Waals surface area (Å²) in [5.74, 6) is 0. The van der Waals surface area contributed by atoms with E-state index >= 15 is 0 Å². The number of hydrogen-bond donors (Lipinski definition) is 2. The van der Waals surface area contributed by atoms with E-state index in [9.17, 15) is 5.11 Å². The zero-order valence-corrected chi connectivity index (χ0v) is 16.5. The van der Waals surface area contributed by atoms with Gasteiger partial charge in [0.2, 0.25) is 0 Å². The first kappa shape index (κ1) is 18.6. The summed E-state index contributed by atoms with van der Waals surface area (Å²) in [6, 6.07) is 14.1. The van der Waals surface area contributed by atoms with Gasteiger partial charge in [-0.15, -0.1) is 0 Å². The van der Waals surface area contributed by atoms with Gasteiger partial charge in [-0.2, -0.15) is 0 Å². The molecule has 4 rings (SSSR count). The Morgan fingerprint density at radius 3 is 2.75 bits per heavy atom. The van der Waals surface area contributed by atoms with Crippen molar-refractivity contribution in [3.05, 3.63) is 78.1 Å². The molecule has 0 unspecified atom stereocenters. The van der Waals surface area contributed by atoms with Gasteiger partial charge in [-0.3, -0.25) is 9.97 Å². The van der Waals surface area contributed by atoms with Gasteiger partial charge in [-0.1, -0.05) is 6.07 Å². The van der Waals surface area contributed by atoms with Crippen molar-refractivity contribution in [1.82, 2.24) is 24.8 Å². The molecule has 7 heteroatoms. The van der Waals surface area contributed by atoms with Crippen LogP contribution >= 0.6 is 12.2 Å². The minimum atomic E-state index is -0.0721. The first-order chi connectivity index (χ1) is 13.7. The lowest BCUT2D eigenvalue weighted by Gasteiger charge is -2.29. The number of rotatable bonds is 6. The van der Waals surface area contributed by atoms with E-state index in [1.807, 2.05) is 30.5 Å². The summed E-state index contributed by atoms with van der Waals surface area (Å²) in [6.07, 6.45) is 6.10. The Bertz CT molecular complexity index is 944. The van der Waals surface area contributed by atoms with Crippen molar-refractivity contribution in [1.29, 1.82) is 0 Å². The Balaban J connectivity index is 1.82. The first-order valence-corrected chi connectivity index (χ1v) is 9.79. The maximum absolute atomic E-state index is 9.37. The summed E-state index contributed by atoms with van der Waals surface area (Å²) in [6.45, 7) is 2.89. The van der Waals surface area contributed by atoms with Crippen molar-refractivity contribution in [2.75, 3.05) is 13.2 Å². The molecule has 144 valence electrons. The third-order valence-corrected chi connectivity index (χ3v) is 5.42. The molecule has 3 aromatic heterocycles. The number of nitrogens with one attached hydrogen (secondary N) is 1. The third-order valence-electron chi connectivity index (χ3n) is 5.07. The highest BCUT2D eigenvalue weighted by Gasteiger charge is 2.41. The van der Waals surface area contributed by atoms with Crippen LogP contribution in [-0.4, -0.2) is 42.8 Å². The van der Waals surface area contributed by atoms with E-state index in [1.165, 1.54) is 0 Å². The predicted octanol–water partition coefficient (Wildman–Crippen LogP) is 2.93. The Morgan fingerprint density at radius 1 is 1.14 bits per heavy atom. The number of aliphatic hydroxyl groups is 1. The molecule has 4 heterocycles. The van der Waals surface area contributed by atoms with Gasteiger partial charge < -0.3 is 19.9 Å². The molecule has 28 heavy (non-hydrogen) atoms. The molecular formula is C21H23N5OS. The van der Waals surface area contributed by atoms with Crippen molar-refractivity contribution in [3.63, 3.8) is 0 Å². The number of aliphatic hydroxyl groups excluding tert-OH is 1. The normalized spacial score (nSPS) is 19.1. The van der Waals surface area contributed by atoms with Crippen LogP contribution in [0.15, 0.2) is 61.1 Å². The molecule has 0 saturated carbocycles.